The van der Waals surface area contributed by atoms with Gasteiger partial charge in [0.15, 0.2) is 0 Å². The molecule has 1 saturated heterocycles. The van der Waals surface area contributed by atoms with E-state index < -0.39 is 0 Å². The van der Waals surface area contributed by atoms with E-state index in [1.165, 1.54) is 0 Å². The molecule has 1 aliphatic heterocycles. The third kappa shape index (κ3) is 2.20. The van der Waals surface area contributed by atoms with E-state index in [0.29, 0.717) is 18.4 Å². The molecule has 0 aromatic carbocycles. The first-order valence-corrected chi connectivity index (χ1v) is 4.49. The Morgan fingerprint density at radius 2 is 2.50 bits per heavy atom. The maximum Gasteiger partial charge on any atom is 0.0638 e. The molecule has 0 saturated carbocycles. The maximum absolute atomic E-state index is 8.90. The number of nitrogens with zero attached hydrogens (tertiary/aromatic N) is 2. The number of hydrogen-bond acceptors (Lipinski definition) is 3. The van der Waals surface area contributed by atoms with Gasteiger partial charge in [-0.2, -0.15) is 5.26 Å². The Bertz CT molecular complexity index is 176. The van der Waals surface area contributed by atoms with Crippen molar-refractivity contribution in [3.63, 3.8) is 0 Å². The van der Waals surface area contributed by atoms with Crippen molar-refractivity contribution >= 4 is 0 Å². The Balaban J connectivity index is 2.31. The van der Waals surface area contributed by atoms with Crippen LogP contribution in [0.15, 0.2) is 0 Å². The SMILES string of the molecule is CC(CC#N)N1CCC(CO)C1. The van der Waals surface area contributed by atoms with Gasteiger partial charge < -0.3 is 5.11 Å². The minimum Gasteiger partial charge on any atom is -0.396 e. The van der Waals surface area contributed by atoms with Crippen LogP contribution in [-0.4, -0.2) is 35.7 Å². The first-order chi connectivity index (χ1) is 5.77. The largest absolute Gasteiger partial charge is 0.396 e. The molecule has 0 spiro atoms. The number of rotatable bonds is 3. The lowest BCUT2D eigenvalue weighted by atomic mass is 10.1. The van der Waals surface area contributed by atoms with Crippen molar-refractivity contribution in [2.24, 2.45) is 5.92 Å². The summed E-state index contributed by atoms with van der Waals surface area (Å²) < 4.78 is 0. The Morgan fingerprint density at radius 1 is 1.75 bits per heavy atom. The molecule has 0 radical (unpaired) electrons. The maximum atomic E-state index is 8.90. The highest BCUT2D eigenvalue weighted by atomic mass is 16.3. The number of aliphatic hydroxyl groups excluding tert-OH is 1. The summed E-state index contributed by atoms with van der Waals surface area (Å²) in [6, 6.07) is 2.53. The zero-order valence-electron chi connectivity index (χ0n) is 7.53. The third-order valence-electron chi connectivity index (χ3n) is 2.59. The summed E-state index contributed by atoms with van der Waals surface area (Å²) in [7, 11) is 0. The van der Waals surface area contributed by atoms with Gasteiger partial charge in [-0.15, -0.1) is 0 Å². The van der Waals surface area contributed by atoms with Crippen LogP contribution in [0.5, 0.6) is 0 Å². The number of nitriles is 1. The lowest BCUT2D eigenvalue weighted by Crippen LogP contribution is -2.30. The van der Waals surface area contributed by atoms with E-state index in [1.807, 2.05) is 0 Å². The van der Waals surface area contributed by atoms with Crippen molar-refractivity contribution in [1.29, 1.82) is 5.26 Å². The molecule has 1 N–H and O–H groups in total. The Hall–Kier alpha value is -0.590. The zero-order valence-corrected chi connectivity index (χ0v) is 7.53. The molecule has 1 aliphatic rings. The Morgan fingerprint density at radius 3 is 3.00 bits per heavy atom. The van der Waals surface area contributed by atoms with E-state index in [-0.39, 0.29) is 6.61 Å². The summed E-state index contributed by atoms with van der Waals surface area (Å²) in [6.45, 7) is 4.35. The van der Waals surface area contributed by atoms with Crippen molar-refractivity contribution in [2.75, 3.05) is 19.7 Å². The van der Waals surface area contributed by atoms with E-state index in [0.717, 1.165) is 19.5 Å². The van der Waals surface area contributed by atoms with Crippen molar-refractivity contribution in [3.8, 4) is 6.07 Å². The molecule has 3 heteroatoms. The van der Waals surface area contributed by atoms with Gasteiger partial charge in [0.25, 0.3) is 0 Å². The highest BCUT2D eigenvalue weighted by Crippen LogP contribution is 2.18. The van der Waals surface area contributed by atoms with Crippen LogP contribution in [0.4, 0.5) is 0 Å². The van der Waals surface area contributed by atoms with Crippen molar-refractivity contribution in [2.45, 2.75) is 25.8 Å². The van der Waals surface area contributed by atoms with Gasteiger partial charge in [0, 0.05) is 19.2 Å². The second-order valence-corrected chi connectivity index (χ2v) is 3.54. The van der Waals surface area contributed by atoms with Crippen molar-refractivity contribution in [3.05, 3.63) is 0 Å². The number of hydrogen-bond donors (Lipinski definition) is 1. The molecular formula is C9H16N2O. The molecule has 1 heterocycles. The molecule has 1 rings (SSSR count). The summed E-state index contributed by atoms with van der Waals surface area (Å²) in [5, 5.41) is 17.4. The van der Waals surface area contributed by atoms with Gasteiger partial charge in [-0.25, -0.2) is 0 Å². The number of likely N-dealkylation sites (tertiary alicyclic amines) is 1. The third-order valence-corrected chi connectivity index (χ3v) is 2.59. The van der Waals surface area contributed by atoms with Crippen LogP contribution >= 0.6 is 0 Å². The van der Waals surface area contributed by atoms with Gasteiger partial charge in [-0.3, -0.25) is 4.90 Å². The standard InChI is InChI=1S/C9H16N2O/c1-8(2-4-10)11-5-3-9(6-11)7-12/h8-9,12H,2-3,5-7H2,1H3. The van der Waals surface area contributed by atoms with Gasteiger partial charge in [0.1, 0.15) is 0 Å². The van der Waals surface area contributed by atoms with Crippen LogP contribution in [0.25, 0.3) is 0 Å². The van der Waals surface area contributed by atoms with Gasteiger partial charge >= 0.3 is 0 Å². The summed E-state index contributed by atoms with van der Waals surface area (Å²) in [5.41, 5.74) is 0. The van der Waals surface area contributed by atoms with E-state index in [1.54, 1.807) is 0 Å². The van der Waals surface area contributed by atoms with E-state index >= 15 is 0 Å². The Kier molecular flexibility index (Phi) is 3.51. The van der Waals surface area contributed by atoms with Crippen LogP contribution in [-0.2, 0) is 0 Å². The minimum absolute atomic E-state index is 0.287. The molecule has 0 aromatic heterocycles. The molecule has 3 nitrogen and oxygen atoms in total. The fourth-order valence-corrected chi connectivity index (χ4v) is 1.67. The molecule has 12 heavy (non-hydrogen) atoms. The van der Waals surface area contributed by atoms with E-state index in [4.69, 9.17) is 10.4 Å². The normalized spacial score (nSPS) is 26.9. The predicted octanol–water partition coefficient (Wildman–Crippen LogP) is 0.603. The van der Waals surface area contributed by atoms with Crippen LogP contribution in [0.2, 0.25) is 0 Å². The molecule has 68 valence electrons. The molecule has 1 fully saturated rings. The van der Waals surface area contributed by atoms with Crippen LogP contribution < -0.4 is 0 Å². The summed E-state index contributed by atoms with van der Waals surface area (Å²) in [6.07, 6.45) is 1.67. The van der Waals surface area contributed by atoms with Crippen LogP contribution in [0.3, 0.4) is 0 Å². The lowest BCUT2D eigenvalue weighted by Gasteiger charge is -2.21. The summed E-state index contributed by atoms with van der Waals surface area (Å²) >= 11 is 0. The Labute approximate surface area is 73.6 Å². The van der Waals surface area contributed by atoms with E-state index in [2.05, 4.69) is 17.9 Å². The molecule has 0 amide bonds. The molecule has 2 unspecified atom stereocenters. The highest BCUT2D eigenvalue weighted by molar-refractivity contribution is 4.84. The van der Waals surface area contributed by atoms with Gasteiger partial charge in [0.05, 0.1) is 12.5 Å². The lowest BCUT2D eigenvalue weighted by molar-refractivity contribution is 0.205. The number of aliphatic hydroxyl groups is 1. The predicted molar refractivity (Wildman–Crippen MR) is 46.5 cm³/mol. The second-order valence-electron chi connectivity index (χ2n) is 3.54. The average molecular weight is 168 g/mol. The van der Waals surface area contributed by atoms with Crippen LogP contribution in [0, 0.1) is 17.2 Å². The highest BCUT2D eigenvalue weighted by Gasteiger charge is 2.24. The zero-order chi connectivity index (χ0) is 8.97. The van der Waals surface area contributed by atoms with Crippen LogP contribution in [0.1, 0.15) is 19.8 Å². The second kappa shape index (κ2) is 4.44. The van der Waals surface area contributed by atoms with Gasteiger partial charge in [-0.1, -0.05) is 0 Å². The fraction of sp³-hybridized carbons (Fsp3) is 0.889. The molecule has 0 aromatic rings. The smallest absolute Gasteiger partial charge is 0.0638 e. The first kappa shape index (κ1) is 9.50. The van der Waals surface area contributed by atoms with E-state index in [9.17, 15) is 0 Å². The van der Waals surface area contributed by atoms with Crippen molar-refractivity contribution < 1.29 is 5.11 Å². The topological polar surface area (TPSA) is 47.3 Å². The first-order valence-electron chi connectivity index (χ1n) is 4.49. The average Bonchev–Trinajstić information content (AvgIpc) is 2.52. The molecule has 0 bridgehead atoms. The minimum atomic E-state index is 0.287. The summed E-state index contributed by atoms with van der Waals surface area (Å²) in [5.74, 6) is 0.436. The molecule has 2 atom stereocenters. The molecular weight excluding hydrogens is 152 g/mol. The summed E-state index contributed by atoms with van der Waals surface area (Å²) in [4.78, 5) is 2.28. The monoisotopic (exact) mass is 168 g/mol. The van der Waals surface area contributed by atoms with Gasteiger partial charge in [-0.05, 0) is 25.8 Å². The quantitative estimate of drug-likeness (QED) is 0.671. The van der Waals surface area contributed by atoms with Gasteiger partial charge in [0.2, 0.25) is 0 Å². The van der Waals surface area contributed by atoms with Crippen molar-refractivity contribution in [1.82, 2.24) is 4.90 Å². The fourth-order valence-electron chi connectivity index (χ4n) is 1.67. The molecule has 0 aliphatic carbocycles.